The second-order valence-electron chi connectivity index (χ2n) is 19.7. The maximum atomic E-state index is 10.2. The molecule has 26 heteroatoms. The summed E-state index contributed by atoms with van der Waals surface area (Å²) in [5.74, 6) is 1.93. The predicted octanol–water partition coefficient (Wildman–Crippen LogP) is 10.3. The highest BCUT2D eigenvalue weighted by Crippen LogP contribution is 2.45. The minimum atomic E-state index is -1.41. The Hall–Kier alpha value is -7.70. The summed E-state index contributed by atoms with van der Waals surface area (Å²) in [7, 11) is 4.72. The van der Waals surface area contributed by atoms with Crippen LogP contribution in [0.4, 0.5) is 0 Å². The zero-order valence-electron chi connectivity index (χ0n) is 44.8. The van der Waals surface area contributed by atoms with Crippen molar-refractivity contribution in [2.75, 3.05) is 34.5 Å². The summed E-state index contributed by atoms with van der Waals surface area (Å²) in [4.78, 5) is 12.8. The first kappa shape index (κ1) is 57.5. The molecule has 0 spiro atoms. The second kappa shape index (κ2) is 27.8. The third kappa shape index (κ3) is 13.5. The maximum Gasteiger partial charge on any atom is 0.187 e. The quantitative estimate of drug-likeness (QED) is 0.0375. The van der Waals surface area contributed by atoms with Crippen molar-refractivity contribution < 1.29 is 66.3 Å². The van der Waals surface area contributed by atoms with Gasteiger partial charge in [0.15, 0.2) is 25.2 Å². The van der Waals surface area contributed by atoms with Crippen LogP contribution in [0.15, 0.2) is 154 Å². The molecule has 1 saturated carbocycles. The van der Waals surface area contributed by atoms with Crippen LogP contribution >= 0.6 is 0 Å². The van der Waals surface area contributed by atoms with Crippen LogP contribution in [-0.2, 0) is 71.9 Å². The molecule has 0 N–H and O–H groups in total. The molecule has 5 aromatic rings. The minimum Gasteiger partial charge on any atom is -0.497 e. The van der Waals surface area contributed by atoms with E-state index in [-0.39, 0.29) is 39.4 Å². The summed E-state index contributed by atoms with van der Waals surface area (Å²) in [6.45, 7) is -0.170. The van der Waals surface area contributed by atoms with Gasteiger partial charge in [-0.25, -0.2) is 0 Å². The lowest BCUT2D eigenvalue weighted by molar-refractivity contribution is -0.399. The monoisotopic (exact) mass is 1120 g/mol. The molecule has 0 radical (unpaired) electrons. The van der Waals surface area contributed by atoms with Gasteiger partial charge in [-0.1, -0.05) is 118 Å². The normalized spacial score (nSPS) is 31.2. The molecule has 0 bridgehead atoms. The van der Waals surface area contributed by atoms with E-state index in [4.69, 9.17) is 66.3 Å². The summed E-state index contributed by atoms with van der Waals surface area (Å²) < 4.78 is 91.4. The van der Waals surface area contributed by atoms with Crippen LogP contribution in [0, 0.1) is 0 Å². The van der Waals surface area contributed by atoms with Crippen LogP contribution in [0.2, 0.25) is 0 Å². The van der Waals surface area contributed by atoms with Crippen molar-refractivity contribution >= 4 is 0 Å². The number of methoxy groups -OCH3 is 3. The Bertz CT molecular complexity index is 3060. The first-order valence-corrected chi connectivity index (χ1v) is 26.5. The van der Waals surface area contributed by atoms with Crippen LogP contribution in [0.25, 0.3) is 41.8 Å². The van der Waals surface area contributed by atoms with Crippen LogP contribution in [0.3, 0.4) is 0 Å². The molecular weight excluding hydrogens is 1060 g/mol. The van der Waals surface area contributed by atoms with E-state index in [0.717, 1.165) is 22.3 Å². The van der Waals surface area contributed by atoms with Gasteiger partial charge < -0.3 is 66.3 Å². The van der Waals surface area contributed by atoms with E-state index in [1.807, 2.05) is 109 Å². The average molecular weight is 1130 g/mol. The van der Waals surface area contributed by atoms with Crippen LogP contribution in [-0.4, -0.2) is 126 Å². The molecule has 4 heterocycles. The van der Waals surface area contributed by atoms with Gasteiger partial charge in [0.05, 0.1) is 90.7 Å². The number of azide groups is 4. The molecule has 5 aromatic carbocycles. The summed E-state index contributed by atoms with van der Waals surface area (Å²) in [6.07, 6.45) is -16.2. The number of ether oxygens (including phenoxy) is 14. The molecule has 17 atom stereocenters. The predicted molar refractivity (Wildman–Crippen MR) is 288 cm³/mol. The third-order valence-corrected chi connectivity index (χ3v) is 14.8. The topological polar surface area (TPSA) is 324 Å². The standard InChI is InChI=1S/C56H60N12O14/c1-69-37-20-14-32(15-21-37)28-72-48-42(27-61-65-57)76-56-52(50(48)74-30-34-18-24-39(71-3)25-19-34)82-54(36-12-8-5-9-13-36)81-51-45(40(62-66-58)26-41(63-67-59)46(51)79-56)78-55-49(73-29-33-16-22-38(70-2)23-17-33)44(64-68-60)47-43(77-55)31-75-53(80-47)35-10-6-4-7-11-35/h4-25,40-56H,26-31H2,1-3H3/t40-,41+,42-,43-,44+,45+,46-,47-,48-,49-,50+,51-,52-,53+,54?,55-,56-/m1/s1. The van der Waals surface area contributed by atoms with Crippen molar-refractivity contribution in [2.45, 2.75) is 131 Å². The summed E-state index contributed by atoms with van der Waals surface area (Å²) in [5, 5.41) is 16.7. The molecule has 1 unspecified atom stereocenters. The van der Waals surface area contributed by atoms with E-state index in [1.165, 1.54) is 0 Å². The van der Waals surface area contributed by atoms with Gasteiger partial charge >= 0.3 is 0 Å². The van der Waals surface area contributed by atoms with Crippen molar-refractivity contribution in [3.63, 3.8) is 0 Å². The molecule has 5 aliphatic rings. The molecule has 428 valence electrons. The fourth-order valence-electron chi connectivity index (χ4n) is 10.7. The van der Waals surface area contributed by atoms with Gasteiger partial charge in [-0.05, 0) is 81.6 Å². The molecule has 4 saturated heterocycles. The Morgan fingerprint density at radius 1 is 0.476 bits per heavy atom. The molecule has 82 heavy (non-hydrogen) atoms. The number of fused-ring (bicyclic) bond motifs is 3. The van der Waals surface area contributed by atoms with Crippen molar-refractivity contribution in [2.24, 2.45) is 20.5 Å². The highest BCUT2D eigenvalue weighted by atomic mass is 16.8. The van der Waals surface area contributed by atoms with Crippen LogP contribution < -0.4 is 14.2 Å². The maximum absolute atomic E-state index is 10.2. The molecule has 10 rings (SSSR count). The highest BCUT2D eigenvalue weighted by Gasteiger charge is 2.58. The molecule has 0 aromatic heterocycles. The lowest BCUT2D eigenvalue weighted by Crippen LogP contribution is -2.68. The van der Waals surface area contributed by atoms with Crippen LogP contribution in [0.5, 0.6) is 17.2 Å². The first-order valence-electron chi connectivity index (χ1n) is 26.5. The Morgan fingerprint density at radius 2 is 0.988 bits per heavy atom. The van der Waals surface area contributed by atoms with Gasteiger partial charge in [0, 0.05) is 30.8 Å². The largest absolute Gasteiger partial charge is 0.497 e. The fraction of sp³-hybridized carbons (Fsp3) is 0.464. The lowest BCUT2D eigenvalue weighted by Gasteiger charge is -2.53. The smallest absolute Gasteiger partial charge is 0.187 e. The second-order valence-corrected chi connectivity index (χ2v) is 19.7. The SMILES string of the molecule is COc1ccc(CO[C@@H]2[C@H]3OC(c4ccccc4)O[C@@H]4[C@@H](O[C@H]5O[C@@H]6CO[C@H](c7ccccc7)O[C@H]6[C@H](N=[N+]=[N-])[C@H]5OCc5ccc(OC)cc5)[C@H](N=[N+]=[N-])C[C@H](N=[N+]=[N-])[C@H]4O[C@H]3O[C@H](CN=[N+]=[N-])[C@H]2OCc2ccc(OC)cc2)cc1. The van der Waals surface area contributed by atoms with Crippen molar-refractivity contribution in [1.29, 1.82) is 0 Å². The number of benzene rings is 5. The van der Waals surface area contributed by atoms with Gasteiger partial charge in [-0.3, -0.25) is 0 Å². The van der Waals surface area contributed by atoms with Gasteiger partial charge in [0.2, 0.25) is 0 Å². The Balaban J connectivity index is 1.04. The average Bonchev–Trinajstić information content (AvgIpc) is 3.57. The van der Waals surface area contributed by atoms with E-state index >= 15 is 0 Å². The molecule has 1 aliphatic carbocycles. The van der Waals surface area contributed by atoms with E-state index < -0.39 is 104 Å². The van der Waals surface area contributed by atoms with Crippen molar-refractivity contribution in [3.8, 4) is 17.2 Å². The van der Waals surface area contributed by atoms with Gasteiger partial charge in [0.1, 0.15) is 60.0 Å². The number of nitrogens with zero attached hydrogens (tertiary/aromatic N) is 12. The summed E-state index contributed by atoms with van der Waals surface area (Å²) >= 11 is 0. The van der Waals surface area contributed by atoms with E-state index in [9.17, 15) is 22.1 Å². The Kier molecular flexibility index (Phi) is 19.5. The molecule has 5 fully saturated rings. The van der Waals surface area contributed by atoms with E-state index in [1.54, 1.807) is 45.6 Å². The summed E-state index contributed by atoms with van der Waals surface area (Å²) in [6, 6.07) is 36.9. The third-order valence-electron chi connectivity index (χ3n) is 14.8. The zero-order chi connectivity index (χ0) is 56.8. The van der Waals surface area contributed by atoms with Crippen molar-refractivity contribution in [3.05, 3.63) is 203 Å². The highest BCUT2D eigenvalue weighted by molar-refractivity contribution is 5.29. The lowest BCUT2D eigenvalue weighted by atomic mass is 9.83. The van der Waals surface area contributed by atoms with E-state index in [0.29, 0.717) is 22.8 Å². The minimum absolute atomic E-state index is 0.0182. The van der Waals surface area contributed by atoms with Gasteiger partial charge in [0.25, 0.3) is 0 Å². The zero-order valence-corrected chi connectivity index (χ0v) is 44.8. The first-order chi connectivity index (χ1) is 40.3. The molecule has 4 aliphatic heterocycles. The summed E-state index contributed by atoms with van der Waals surface area (Å²) in [5.41, 5.74) is 44.0. The van der Waals surface area contributed by atoms with Crippen molar-refractivity contribution in [1.82, 2.24) is 0 Å². The van der Waals surface area contributed by atoms with Gasteiger partial charge in [-0.2, -0.15) is 0 Å². The molecule has 26 nitrogen and oxygen atoms in total. The fourth-order valence-corrected chi connectivity index (χ4v) is 10.7. The van der Waals surface area contributed by atoms with Gasteiger partial charge in [-0.15, -0.1) is 0 Å². The number of rotatable bonds is 21. The number of hydrogen-bond acceptors (Lipinski definition) is 18. The molecule has 0 amide bonds. The van der Waals surface area contributed by atoms with E-state index in [2.05, 4.69) is 40.1 Å². The van der Waals surface area contributed by atoms with Crippen LogP contribution in [0.1, 0.15) is 46.8 Å². The number of hydrogen-bond donors (Lipinski definition) is 0. The Morgan fingerprint density at radius 3 is 1.54 bits per heavy atom. The molecular formula is C56H60N12O14. The Labute approximate surface area is 470 Å².